The average molecular weight is 398 g/mol. The summed E-state index contributed by atoms with van der Waals surface area (Å²) < 4.78 is 21.4. The highest BCUT2D eigenvalue weighted by Gasteiger charge is 2.15. The van der Waals surface area contributed by atoms with Crippen LogP contribution in [0.3, 0.4) is 0 Å². The van der Waals surface area contributed by atoms with Crippen molar-refractivity contribution in [3.05, 3.63) is 54.1 Å². The Morgan fingerprint density at radius 3 is 2.55 bits per heavy atom. The van der Waals surface area contributed by atoms with E-state index in [2.05, 4.69) is 10.9 Å². The molecule has 29 heavy (non-hydrogen) atoms. The van der Waals surface area contributed by atoms with E-state index < -0.39 is 17.9 Å². The van der Waals surface area contributed by atoms with E-state index in [1.54, 1.807) is 55.5 Å². The van der Waals surface area contributed by atoms with Crippen molar-refractivity contribution in [2.24, 2.45) is 0 Å². The molecule has 1 heterocycles. The lowest BCUT2D eigenvalue weighted by atomic mass is 10.2. The zero-order valence-corrected chi connectivity index (χ0v) is 16.1. The quantitative estimate of drug-likeness (QED) is 0.550. The van der Waals surface area contributed by atoms with Crippen molar-refractivity contribution in [3.63, 3.8) is 0 Å². The number of benzene rings is 2. The SMILES string of the molecule is CCOc1ccc(O[C@H](C)C(=O)NNC(=O)/C=C/c2ccc3c(c2)OCO3)cc1. The van der Waals surface area contributed by atoms with Gasteiger partial charge in [-0.05, 0) is 61.9 Å². The molecule has 2 aromatic rings. The van der Waals surface area contributed by atoms with Gasteiger partial charge < -0.3 is 18.9 Å². The number of rotatable bonds is 7. The van der Waals surface area contributed by atoms with Crippen LogP contribution in [-0.4, -0.2) is 31.3 Å². The average Bonchev–Trinajstić information content (AvgIpc) is 3.20. The molecule has 0 radical (unpaired) electrons. The Hall–Kier alpha value is -3.68. The molecule has 2 amide bonds. The fraction of sp³-hybridized carbons (Fsp3) is 0.238. The Kier molecular flexibility index (Phi) is 6.57. The first-order chi connectivity index (χ1) is 14.0. The third kappa shape index (κ3) is 5.65. The maximum Gasteiger partial charge on any atom is 0.279 e. The van der Waals surface area contributed by atoms with Gasteiger partial charge in [-0.15, -0.1) is 0 Å². The van der Waals surface area contributed by atoms with E-state index in [0.717, 1.165) is 11.3 Å². The van der Waals surface area contributed by atoms with Crippen LogP contribution in [0, 0.1) is 0 Å². The van der Waals surface area contributed by atoms with Gasteiger partial charge in [-0.2, -0.15) is 0 Å². The van der Waals surface area contributed by atoms with Gasteiger partial charge in [0.25, 0.3) is 11.8 Å². The lowest BCUT2D eigenvalue weighted by Gasteiger charge is -2.15. The number of amides is 2. The van der Waals surface area contributed by atoms with Crippen LogP contribution in [-0.2, 0) is 9.59 Å². The van der Waals surface area contributed by atoms with Crippen LogP contribution in [0.25, 0.3) is 6.08 Å². The number of ether oxygens (including phenoxy) is 4. The minimum Gasteiger partial charge on any atom is -0.494 e. The molecule has 0 spiro atoms. The zero-order valence-electron chi connectivity index (χ0n) is 16.1. The highest BCUT2D eigenvalue weighted by molar-refractivity contribution is 5.93. The van der Waals surface area contributed by atoms with Gasteiger partial charge in [-0.3, -0.25) is 20.4 Å². The maximum absolute atomic E-state index is 12.1. The molecule has 3 rings (SSSR count). The number of hydrogen-bond donors (Lipinski definition) is 2. The normalized spacial score (nSPS) is 13.0. The van der Waals surface area contributed by atoms with Crippen molar-refractivity contribution in [1.29, 1.82) is 0 Å². The van der Waals surface area contributed by atoms with Crippen LogP contribution in [0.2, 0.25) is 0 Å². The summed E-state index contributed by atoms with van der Waals surface area (Å²) in [7, 11) is 0. The van der Waals surface area contributed by atoms with E-state index in [1.807, 2.05) is 6.92 Å². The van der Waals surface area contributed by atoms with Crippen molar-refractivity contribution in [1.82, 2.24) is 10.9 Å². The molecular formula is C21H22N2O6. The van der Waals surface area contributed by atoms with Gasteiger partial charge in [0, 0.05) is 6.08 Å². The van der Waals surface area contributed by atoms with Gasteiger partial charge in [0.15, 0.2) is 17.6 Å². The number of carbonyl (C=O) groups is 2. The monoisotopic (exact) mass is 398 g/mol. The first kappa shape index (κ1) is 20.1. The van der Waals surface area contributed by atoms with Crippen LogP contribution < -0.4 is 29.8 Å². The molecule has 0 aliphatic carbocycles. The number of fused-ring (bicyclic) bond motifs is 1. The summed E-state index contributed by atoms with van der Waals surface area (Å²) in [5.74, 6) is 1.57. The standard InChI is InChI=1S/C21H22N2O6/c1-3-26-16-6-8-17(9-7-16)29-14(2)21(25)23-22-20(24)11-5-15-4-10-18-19(12-15)28-13-27-18/h4-12,14H,3,13H2,1-2H3,(H,22,24)(H,23,25)/b11-5+/t14-/m1/s1. The molecule has 2 aromatic carbocycles. The smallest absolute Gasteiger partial charge is 0.279 e. The largest absolute Gasteiger partial charge is 0.494 e. The van der Waals surface area contributed by atoms with Gasteiger partial charge in [-0.25, -0.2) is 0 Å². The summed E-state index contributed by atoms with van der Waals surface area (Å²) in [6.07, 6.45) is 2.10. The minimum atomic E-state index is -0.800. The molecule has 0 saturated carbocycles. The van der Waals surface area contributed by atoms with E-state index in [9.17, 15) is 9.59 Å². The summed E-state index contributed by atoms with van der Waals surface area (Å²) in [5.41, 5.74) is 5.41. The number of nitrogens with one attached hydrogen (secondary N) is 2. The predicted octanol–water partition coefficient (Wildman–Crippen LogP) is 2.44. The van der Waals surface area contributed by atoms with Gasteiger partial charge in [0.1, 0.15) is 11.5 Å². The number of hydrazine groups is 1. The molecule has 0 unspecified atom stereocenters. The fourth-order valence-corrected chi connectivity index (χ4v) is 2.49. The van der Waals surface area contributed by atoms with Crippen molar-refractivity contribution >= 4 is 17.9 Å². The van der Waals surface area contributed by atoms with Crippen molar-refractivity contribution in [2.45, 2.75) is 20.0 Å². The second-order valence-corrected chi connectivity index (χ2v) is 6.09. The van der Waals surface area contributed by atoms with Crippen LogP contribution in [0.4, 0.5) is 0 Å². The molecule has 0 saturated heterocycles. The number of carbonyl (C=O) groups excluding carboxylic acids is 2. The van der Waals surface area contributed by atoms with E-state index in [4.69, 9.17) is 18.9 Å². The zero-order chi connectivity index (χ0) is 20.6. The third-order valence-corrected chi connectivity index (χ3v) is 3.95. The summed E-state index contributed by atoms with van der Waals surface area (Å²) >= 11 is 0. The molecular weight excluding hydrogens is 376 g/mol. The Morgan fingerprint density at radius 1 is 1.07 bits per heavy atom. The molecule has 1 aliphatic rings. The first-order valence-corrected chi connectivity index (χ1v) is 9.12. The topological polar surface area (TPSA) is 95.1 Å². The lowest BCUT2D eigenvalue weighted by Crippen LogP contribution is -2.46. The van der Waals surface area contributed by atoms with Gasteiger partial charge in [-0.1, -0.05) is 6.07 Å². The highest BCUT2D eigenvalue weighted by Crippen LogP contribution is 2.32. The molecule has 8 nitrogen and oxygen atoms in total. The molecule has 0 fully saturated rings. The van der Waals surface area contributed by atoms with Gasteiger partial charge in [0.05, 0.1) is 6.61 Å². The fourth-order valence-electron chi connectivity index (χ4n) is 2.49. The molecule has 8 heteroatoms. The summed E-state index contributed by atoms with van der Waals surface area (Å²) in [6.45, 7) is 4.24. The highest BCUT2D eigenvalue weighted by atomic mass is 16.7. The Morgan fingerprint density at radius 2 is 1.79 bits per heavy atom. The minimum absolute atomic E-state index is 0.186. The Bertz CT molecular complexity index is 895. The third-order valence-electron chi connectivity index (χ3n) is 3.95. The Labute approximate surface area is 168 Å². The summed E-state index contributed by atoms with van der Waals surface area (Å²) in [4.78, 5) is 24.0. The molecule has 2 N–H and O–H groups in total. The second-order valence-electron chi connectivity index (χ2n) is 6.09. The van der Waals surface area contributed by atoms with E-state index >= 15 is 0 Å². The van der Waals surface area contributed by atoms with Crippen LogP contribution >= 0.6 is 0 Å². The predicted molar refractivity (Wildman–Crippen MR) is 106 cm³/mol. The Balaban J connectivity index is 1.44. The van der Waals surface area contributed by atoms with Crippen LogP contribution in [0.15, 0.2) is 48.5 Å². The molecule has 0 aromatic heterocycles. The van der Waals surface area contributed by atoms with E-state index in [0.29, 0.717) is 23.9 Å². The van der Waals surface area contributed by atoms with E-state index in [-0.39, 0.29) is 6.79 Å². The van der Waals surface area contributed by atoms with Crippen LogP contribution in [0.5, 0.6) is 23.0 Å². The van der Waals surface area contributed by atoms with Crippen LogP contribution in [0.1, 0.15) is 19.4 Å². The molecule has 152 valence electrons. The molecule has 0 bridgehead atoms. The van der Waals surface area contributed by atoms with Gasteiger partial charge >= 0.3 is 0 Å². The van der Waals surface area contributed by atoms with Crippen molar-refractivity contribution < 1.29 is 28.5 Å². The number of hydrogen-bond acceptors (Lipinski definition) is 6. The van der Waals surface area contributed by atoms with Gasteiger partial charge in [0.2, 0.25) is 6.79 Å². The molecule has 1 aliphatic heterocycles. The van der Waals surface area contributed by atoms with E-state index in [1.165, 1.54) is 6.08 Å². The maximum atomic E-state index is 12.1. The van der Waals surface area contributed by atoms with Crippen molar-refractivity contribution in [3.8, 4) is 23.0 Å². The second kappa shape index (κ2) is 9.50. The van der Waals surface area contributed by atoms with Crippen molar-refractivity contribution in [2.75, 3.05) is 13.4 Å². The summed E-state index contributed by atoms with van der Waals surface area (Å²) in [6, 6.07) is 12.3. The first-order valence-electron chi connectivity index (χ1n) is 9.12. The molecule has 1 atom stereocenters. The summed E-state index contributed by atoms with van der Waals surface area (Å²) in [5, 5.41) is 0. The lowest BCUT2D eigenvalue weighted by molar-refractivity contribution is -0.131.